The molecule has 0 aliphatic rings. The minimum atomic E-state index is -0.502. The molecule has 1 atom stereocenters. The van der Waals surface area contributed by atoms with E-state index in [1.165, 1.54) is 18.2 Å². The molecule has 0 aromatic heterocycles. The Labute approximate surface area is 121 Å². The highest BCUT2D eigenvalue weighted by atomic mass is 19.1. The number of carbonyl (C=O) groups excluding carboxylic acids is 1. The predicted molar refractivity (Wildman–Crippen MR) is 77.8 cm³/mol. The Morgan fingerprint density at radius 3 is 2.52 bits per heavy atom. The van der Waals surface area contributed by atoms with E-state index in [-0.39, 0.29) is 17.1 Å². The van der Waals surface area contributed by atoms with Gasteiger partial charge in [-0.05, 0) is 49.2 Å². The van der Waals surface area contributed by atoms with Gasteiger partial charge in [0.25, 0.3) is 5.91 Å². The fraction of sp³-hybridized carbons (Fsp3) is 0.188. The second kappa shape index (κ2) is 5.91. The molecule has 0 saturated heterocycles. The molecule has 1 amide bonds. The molecule has 5 heteroatoms. The van der Waals surface area contributed by atoms with Gasteiger partial charge in [0.2, 0.25) is 0 Å². The van der Waals surface area contributed by atoms with E-state index < -0.39 is 17.8 Å². The lowest BCUT2D eigenvalue weighted by molar-refractivity contribution is 0.0940. The fourth-order valence-corrected chi connectivity index (χ4v) is 1.98. The molecule has 0 saturated carbocycles. The second-order valence-corrected chi connectivity index (χ2v) is 4.94. The molecule has 0 heterocycles. The van der Waals surface area contributed by atoms with Crippen LogP contribution in [0, 0.1) is 18.6 Å². The third-order valence-corrected chi connectivity index (χ3v) is 3.30. The van der Waals surface area contributed by atoms with Crippen molar-refractivity contribution >= 4 is 11.6 Å². The third kappa shape index (κ3) is 3.37. The molecule has 0 aliphatic carbocycles. The number of nitrogens with one attached hydrogen (secondary N) is 1. The summed E-state index contributed by atoms with van der Waals surface area (Å²) in [6.45, 7) is 3.41. The van der Waals surface area contributed by atoms with Crippen LogP contribution in [-0.4, -0.2) is 5.91 Å². The molecule has 0 bridgehead atoms. The number of benzene rings is 2. The minimum absolute atomic E-state index is 0.0646. The zero-order valence-electron chi connectivity index (χ0n) is 11.8. The summed E-state index contributed by atoms with van der Waals surface area (Å²) in [6.07, 6.45) is 0. The van der Waals surface area contributed by atoms with Crippen LogP contribution >= 0.6 is 0 Å². The zero-order valence-corrected chi connectivity index (χ0v) is 11.8. The first-order valence-electron chi connectivity index (χ1n) is 6.50. The minimum Gasteiger partial charge on any atom is -0.398 e. The van der Waals surface area contributed by atoms with Gasteiger partial charge >= 0.3 is 0 Å². The standard InChI is InChI=1S/C16H16F2N2O/c1-9-3-4-11(7-14(9)18)10(2)20-16(21)13-6-5-12(17)8-15(13)19/h3-8,10H,19H2,1-2H3,(H,20,21). The van der Waals surface area contributed by atoms with E-state index >= 15 is 0 Å². The van der Waals surface area contributed by atoms with Gasteiger partial charge < -0.3 is 11.1 Å². The van der Waals surface area contributed by atoms with Crippen molar-refractivity contribution in [3.63, 3.8) is 0 Å². The number of hydrogen-bond acceptors (Lipinski definition) is 2. The molecule has 2 aromatic carbocycles. The van der Waals surface area contributed by atoms with Gasteiger partial charge in [-0.2, -0.15) is 0 Å². The van der Waals surface area contributed by atoms with E-state index in [0.717, 1.165) is 6.07 Å². The van der Waals surface area contributed by atoms with Crippen LogP contribution < -0.4 is 11.1 Å². The van der Waals surface area contributed by atoms with Crippen LogP contribution in [0.25, 0.3) is 0 Å². The Bertz CT molecular complexity index is 686. The Morgan fingerprint density at radius 2 is 1.90 bits per heavy atom. The maximum absolute atomic E-state index is 13.5. The van der Waals surface area contributed by atoms with Crippen molar-refractivity contribution in [2.24, 2.45) is 0 Å². The van der Waals surface area contributed by atoms with Gasteiger partial charge in [-0.3, -0.25) is 4.79 Å². The van der Waals surface area contributed by atoms with E-state index in [1.54, 1.807) is 26.0 Å². The summed E-state index contributed by atoms with van der Waals surface area (Å²) in [5.74, 6) is -1.26. The normalized spacial score (nSPS) is 12.0. The first-order chi connectivity index (χ1) is 9.88. The lowest BCUT2D eigenvalue weighted by atomic mass is 10.1. The van der Waals surface area contributed by atoms with Crippen LogP contribution in [0.5, 0.6) is 0 Å². The number of aryl methyl sites for hydroxylation is 1. The second-order valence-electron chi connectivity index (χ2n) is 4.94. The lowest BCUT2D eigenvalue weighted by Gasteiger charge is -2.16. The van der Waals surface area contributed by atoms with Gasteiger partial charge in [0.1, 0.15) is 11.6 Å². The van der Waals surface area contributed by atoms with Crippen LogP contribution in [0.15, 0.2) is 36.4 Å². The maximum Gasteiger partial charge on any atom is 0.253 e. The van der Waals surface area contributed by atoms with Gasteiger partial charge in [0.05, 0.1) is 11.6 Å². The first kappa shape index (κ1) is 15.0. The van der Waals surface area contributed by atoms with Crippen LogP contribution in [0.4, 0.5) is 14.5 Å². The molecule has 0 aliphatic heterocycles. The number of nitrogen functional groups attached to an aromatic ring is 1. The van der Waals surface area contributed by atoms with Gasteiger partial charge in [0, 0.05) is 5.69 Å². The van der Waals surface area contributed by atoms with E-state index in [1.807, 2.05) is 0 Å². The van der Waals surface area contributed by atoms with Gasteiger partial charge in [-0.25, -0.2) is 8.78 Å². The van der Waals surface area contributed by atoms with Crippen LogP contribution in [0.3, 0.4) is 0 Å². The zero-order chi connectivity index (χ0) is 15.6. The van der Waals surface area contributed by atoms with Crippen molar-refractivity contribution in [1.82, 2.24) is 5.32 Å². The van der Waals surface area contributed by atoms with Crippen molar-refractivity contribution in [3.8, 4) is 0 Å². The summed E-state index contributed by atoms with van der Waals surface area (Å²) < 4.78 is 26.5. The van der Waals surface area contributed by atoms with Crippen molar-refractivity contribution in [2.75, 3.05) is 5.73 Å². The molecular formula is C16H16F2N2O. The number of carbonyl (C=O) groups is 1. The number of rotatable bonds is 3. The SMILES string of the molecule is Cc1ccc(C(C)NC(=O)c2ccc(F)cc2N)cc1F. The lowest BCUT2D eigenvalue weighted by Crippen LogP contribution is -2.27. The third-order valence-electron chi connectivity index (χ3n) is 3.30. The van der Waals surface area contributed by atoms with Crippen LogP contribution in [-0.2, 0) is 0 Å². The molecule has 3 N–H and O–H groups in total. The van der Waals surface area contributed by atoms with Crippen LogP contribution in [0.2, 0.25) is 0 Å². The summed E-state index contributed by atoms with van der Waals surface area (Å²) in [5, 5.41) is 2.71. The van der Waals surface area contributed by atoms with Crippen molar-refractivity contribution < 1.29 is 13.6 Å². The molecule has 1 unspecified atom stereocenters. The molecule has 0 radical (unpaired) electrons. The average Bonchev–Trinajstić information content (AvgIpc) is 2.41. The van der Waals surface area contributed by atoms with E-state index in [2.05, 4.69) is 5.32 Å². The van der Waals surface area contributed by atoms with Crippen molar-refractivity contribution in [3.05, 3.63) is 64.7 Å². The highest BCUT2D eigenvalue weighted by Crippen LogP contribution is 2.18. The molecule has 110 valence electrons. The quantitative estimate of drug-likeness (QED) is 0.852. The largest absolute Gasteiger partial charge is 0.398 e. The van der Waals surface area contributed by atoms with E-state index in [9.17, 15) is 13.6 Å². The van der Waals surface area contributed by atoms with E-state index in [4.69, 9.17) is 5.73 Å². The molecule has 3 nitrogen and oxygen atoms in total. The van der Waals surface area contributed by atoms with Gasteiger partial charge in [-0.15, -0.1) is 0 Å². The number of amides is 1. The molecule has 21 heavy (non-hydrogen) atoms. The monoisotopic (exact) mass is 290 g/mol. The van der Waals surface area contributed by atoms with Crippen molar-refractivity contribution in [2.45, 2.75) is 19.9 Å². The average molecular weight is 290 g/mol. The Balaban J connectivity index is 2.16. The predicted octanol–water partition coefficient (Wildman–Crippen LogP) is 3.35. The molecule has 2 rings (SSSR count). The Hall–Kier alpha value is -2.43. The Morgan fingerprint density at radius 1 is 1.19 bits per heavy atom. The number of halogens is 2. The highest BCUT2D eigenvalue weighted by molar-refractivity contribution is 5.99. The van der Waals surface area contributed by atoms with E-state index in [0.29, 0.717) is 11.1 Å². The van der Waals surface area contributed by atoms with Crippen molar-refractivity contribution in [1.29, 1.82) is 0 Å². The molecule has 0 spiro atoms. The summed E-state index contributed by atoms with van der Waals surface area (Å²) in [5.41, 5.74) is 7.06. The Kier molecular flexibility index (Phi) is 4.21. The number of nitrogens with two attached hydrogens (primary N) is 1. The number of hydrogen-bond donors (Lipinski definition) is 2. The fourth-order valence-electron chi connectivity index (χ4n) is 1.98. The molecular weight excluding hydrogens is 274 g/mol. The highest BCUT2D eigenvalue weighted by Gasteiger charge is 2.15. The summed E-state index contributed by atoms with van der Waals surface area (Å²) in [7, 11) is 0. The van der Waals surface area contributed by atoms with Gasteiger partial charge in [0.15, 0.2) is 0 Å². The molecule has 2 aromatic rings. The number of anilines is 1. The molecule has 0 fully saturated rings. The summed E-state index contributed by atoms with van der Waals surface area (Å²) in [4.78, 5) is 12.1. The van der Waals surface area contributed by atoms with Crippen LogP contribution in [0.1, 0.15) is 34.5 Å². The smallest absolute Gasteiger partial charge is 0.253 e. The maximum atomic E-state index is 13.5. The summed E-state index contributed by atoms with van der Waals surface area (Å²) in [6, 6.07) is 7.97. The topological polar surface area (TPSA) is 55.1 Å². The summed E-state index contributed by atoms with van der Waals surface area (Å²) >= 11 is 0. The van der Waals surface area contributed by atoms with Gasteiger partial charge in [-0.1, -0.05) is 12.1 Å². The first-order valence-corrected chi connectivity index (χ1v) is 6.50.